The third kappa shape index (κ3) is 5.93. The van der Waals surface area contributed by atoms with Crippen molar-refractivity contribution in [1.82, 2.24) is 5.32 Å². The molecule has 0 saturated heterocycles. The largest absolute Gasteiger partial charge is 0.490 e. The van der Waals surface area contributed by atoms with E-state index in [0.717, 1.165) is 5.75 Å². The molecule has 0 aliphatic rings. The molecule has 0 radical (unpaired) electrons. The molecule has 1 aromatic carbocycles. The zero-order chi connectivity index (χ0) is 10.4. The number of nitrogens with one attached hydrogen (secondary N) is 1. The van der Waals surface area contributed by atoms with Gasteiger partial charge in [-0.1, -0.05) is 18.2 Å². The molecule has 0 saturated carbocycles. The summed E-state index contributed by atoms with van der Waals surface area (Å²) in [4.78, 5) is 10.6. The van der Waals surface area contributed by atoms with E-state index < -0.39 is 6.17 Å². The van der Waals surface area contributed by atoms with E-state index in [-0.39, 0.29) is 24.9 Å². The maximum Gasteiger partial charge on any atom is 0.218 e. The van der Waals surface area contributed by atoms with Gasteiger partial charge in [-0.15, -0.1) is 12.4 Å². The maximum absolute atomic E-state index is 10.6. The van der Waals surface area contributed by atoms with Gasteiger partial charge in [0.25, 0.3) is 0 Å². The molecule has 0 aliphatic heterocycles. The number of nitrogens with two attached hydrogens (primary N) is 1. The van der Waals surface area contributed by atoms with Crippen LogP contribution in [-0.2, 0) is 4.79 Å². The first-order valence-electron chi connectivity index (χ1n) is 4.39. The van der Waals surface area contributed by atoms with Crippen molar-refractivity contribution in [2.75, 3.05) is 6.61 Å². The van der Waals surface area contributed by atoms with Gasteiger partial charge in [-0.05, 0) is 12.1 Å². The first-order valence-corrected chi connectivity index (χ1v) is 4.39. The predicted octanol–water partition coefficient (Wildman–Crippen LogP) is 0.908. The van der Waals surface area contributed by atoms with E-state index in [0.29, 0.717) is 0 Å². The topological polar surface area (TPSA) is 64.4 Å². The van der Waals surface area contributed by atoms with Crippen LogP contribution in [0.3, 0.4) is 0 Å². The molecule has 1 atom stereocenters. The molecule has 15 heavy (non-hydrogen) atoms. The number of rotatable bonds is 4. The number of hydrogen-bond donors (Lipinski definition) is 2. The summed E-state index contributed by atoms with van der Waals surface area (Å²) in [7, 11) is 0. The number of carbonyl (C=O) groups excluding carboxylic acids is 1. The van der Waals surface area contributed by atoms with Crippen LogP contribution in [0.4, 0.5) is 0 Å². The third-order valence-electron chi connectivity index (χ3n) is 1.56. The van der Waals surface area contributed by atoms with Gasteiger partial charge < -0.3 is 15.8 Å². The van der Waals surface area contributed by atoms with Crippen molar-refractivity contribution >= 4 is 18.3 Å². The normalized spacial score (nSPS) is 11.1. The van der Waals surface area contributed by atoms with Crippen molar-refractivity contribution in [3.8, 4) is 5.75 Å². The van der Waals surface area contributed by atoms with Crippen LogP contribution in [0.25, 0.3) is 0 Å². The Kier molecular flexibility index (Phi) is 6.49. The van der Waals surface area contributed by atoms with E-state index in [9.17, 15) is 4.79 Å². The Balaban J connectivity index is 0.00000196. The summed E-state index contributed by atoms with van der Waals surface area (Å²) < 4.78 is 5.33. The van der Waals surface area contributed by atoms with Crippen LogP contribution in [0.1, 0.15) is 6.92 Å². The molecule has 1 amide bonds. The van der Waals surface area contributed by atoms with Crippen LogP contribution < -0.4 is 15.8 Å². The van der Waals surface area contributed by atoms with Gasteiger partial charge in [-0.3, -0.25) is 4.79 Å². The first kappa shape index (κ1) is 13.7. The van der Waals surface area contributed by atoms with Gasteiger partial charge >= 0.3 is 0 Å². The van der Waals surface area contributed by atoms with Gasteiger partial charge in [0.1, 0.15) is 18.5 Å². The van der Waals surface area contributed by atoms with Crippen LogP contribution in [0.5, 0.6) is 5.75 Å². The summed E-state index contributed by atoms with van der Waals surface area (Å²) in [6, 6.07) is 9.32. The number of carbonyl (C=O) groups is 1. The molecule has 4 nitrogen and oxygen atoms in total. The molecule has 5 heteroatoms. The number of hydrogen-bond acceptors (Lipinski definition) is 3. The average molecular weight is 231 g/mol. The van der Waals surface area contributed by atoms with Crippen molar-refractivity contribution in [1.29, 1.82) is 0 Å². The van der Waals surface area contributed by atoms with E-state index in [2.05, 4.69) is 5.32 Å². The molecule has 0 aromatic heterocycles. The van der Waals surface area contributed by atoms with E-state index in [1.54, 1.807) is 0 Å². The molecule has 1 unspecified atom stereocenters. The van der Waals surface area contributed by atoms with Crippen molar-refractivity contribution in [3.05, 3.63) is 30.3 Å². The molecule has 1 aromatic rings. The molecular weight excluding hydrogens is 216 g/mol. The summed E-state index contributed by atoms with van der Waals surface area (Å²) in [6.45, 7) is 1.69. The molecular formula is C10H15ClN2O2. The Morgan fingerprint density at radius 3 is 2.60 bits per heavy atom. The Bertz CT molecular complexity index is 293. The Morgan fingerprint density at radius 2 is 2.07 bits per heavy atom. The highest BCUT2D eigenvalue weighted by atomic mass is 35.5. The third-order valence-corrected chi connectivity index (χ3v) is 1.56. The van der Waals surface area contributed by atoms with E-state index >= 15 is 0 Å². The smallest absolute Gasteiger partial charge is 0.218 e. The van der Waals surface area contributed by atoms with Gasteiger partial charge in [-0.25, -0.2) is 0 Å². The molecule has 1 rings (SSSR count). The van der Waals surface area contributed by atoms with Crippen molar-refractivity contribution < 1.29 is 9.53 Å². The molecule has 0 heterocycles. The minimum absolute atomic E-state index is 0. The summed E-state index contributed by atoms with van der Waals surface area (Å²) >= 11 is 0. The summed E-state index contributed by atoms with van der Waals surface area (Å²) in [5, 5.41) is 2.53. The van der Waals surface area contributed by atoms with Gasteiger partial charge in [0.2, 0.25) is 5.91 Å². The number of halogens is 1. The lowest BCUT2D eigenvalue weighted by Crippen LogP contribution is -2.44. The minimum Gasteiger partial charge on any atom is -0.490 e. The highest BCUT2D eigenvalue weighted by Crippen LogP contribution is 2.07. The SMILES string of the molecule is CC(=O)NC(N)COc1ccccc1.Cl. The first-order chi connectivity index (χ1) is 6.68. The second-order valence-electron chi connectivity index (χ2n) is 2.93. The van der Waals surface area contributed by atoms with Crippen LogP contribution in [0, 0.1) is 0 Å². The second kappa shape index (κ2) is 7.09. The summed E-state index contributed by atoms with van der Waals surface area (Å²) in [6.07, 6.45) is -0.465. The zero-order valence-corrected chi connectivity index (χ0v) is 9.29. The molecule has 84 valence electrons. The average Bonchev–Trinajstić information content (AvgIpc) is 2.15. The van der Waals surface area contributed by atoms with Crippen LogP contribution >= 0.6 is 12.4 Å². The zero-order valence-electron chi connectivity index (χ0n) is 8.47. The lowest BCUT2D eigenvalue weighted by atomic mass is 10.3. The van der Waals surface area contributed by atoms with Gasteiger partial charge in [-0.2, -0.15) is 0 Å². The Morgan fingerprint density at radius 1 is 1.47 bits per heavy atom. The molecule has 0 fully saturated rings. The fourth-order valence-electron chi connectivity index (χ4n) is 1.01. The fourth-order valence-corrected chi connectivity index (χ4v) is 1.01. The lowest BCUT2D eigenvalue weighted by Gasteiger charge is -2.13. The van der Waals surface area contributed by atoms with Gasteiger partial charge in [0, 0.05) is 6.92 Å². The number of para-hydroxylation sites is 1. The highest BCUT2D eigenvalue weighted by molar-refractivity contribution is 5.85. The quantitative estimate of drug-likeness (QED) is 0.756. The Labute approximate surface area is 95.2 Å². The van der Waals surface area contributed by atoms with Crippen LogP contribution in [-0.4, -0.2) is 18.7 Å². The van der Waals surface area contributed by atoms with Gasteiger partial charge in [0.05, 0.1) is 0 Å². The van der Waals surface area contributed by atoms with E-state index in [1.807, 2.05) is 30.3 Å². The number of benzene rings is 1. The predicted molar refractivity (Wildman–Crippen MR) is 61.0 cm³/mol. The standard InChI is InChI=1S/C10H14N2O2.ClH/c1-8(13)12-10(11)7-14-9-5-3-2-4-6-9;/h2-6,10H,7,11H2,1H3,(H,12,13);1H. The Hall–Kier alpha value is -1.26. The van der Waals surface area contributed by atoms with Crippen LogP contribution in [0.2, 0.25) is 0 Å². The molecule has 0 aliphatic carbocycles. The fraction of sp³-hybridized carbons (Fsp3) is 0.300. The van der Waals surface area contributed by atoms with E-state index in [4.69, 9.17) is 10.5 Å². The number of amides is 1. The molecule has 0 spiro atoms. The van der Waals surface area contributed by atoms with Crippen molar-refractivity contribution in [3.63, 3.8) is 0 Å². The summed E-state index contributed by atoms with van der Waals surface area (Å²) in [5.41, 5.74) is 5.57. The monoisotopic (exact) mass is 230 g/mol. The second-order valence-corrected chi connectivity index (χ2v) is 2.93. The van der Waals surface area contributed by atoms with Gasteiger partial charge in [0.15, 0.2) is 0 Å². The van der Waals surface area contributed by atoms with Crippen molar-refractivity contribution in [2.45, 2.75) is 13.1 Å². The highest BCUT2D eigenvalue weighted by Gasteiger charge is 2.03. The maximum atomic E-state index is 10.6. The minimum atomic E-state index is -0.465. The lowest BCUT2D eigenvalue weighted by molar-refractivity contribution is -0.119. The van der Waals surface area contributed by atoms with Crippen molar-refractivity contribution in [2.24, 2.45) is 5.73 Å². The van der Waals surface area contributed by atoms with E-state index in [1.165, 1.54) is 6.92 Å². The summed E-state index contributed by atoms with van der Waals surface area (Å²) in [5.74, 6) is 0.586. The molecule has 0 bridgehead atoms. The number of ether oxygens (including phenoxy) is 1. The molecule has 3 N–H and O–H groups in total. The van der Waals surface area contributed by atoms with Crippen LogP contribution in [0.15, 0.2) is 30.3 Å².